The number of rotatable bonds is 5. The Bertz CT molecular complexity index is 1710. The fraction of sp³-hybridized carbons (Fsp3) is 0.300. The van der Waals surface area contributed by atoms with Crippen LogP contribution in [0, 0.1) is 15.2 Å². The van der Waals surface area contributed by atoms with Gasteiger partial charge in [-0.2, -0.15) is 0 Å². The molecule has 2 unspecified atom stereocenters. The molecule has 4 heterocycles. The molecule has 218 valence electrons. The van der Waals surface area contributed by atoms with Crippen LogP contribution in [0.15, 0.2) is 66.9 Å². The first kappa shape index (κ1) is 27.3. The van der Waals surface area contributed by atoms with Gasteiger partial charge in [0.15, 0.2) is 0 Å². The van der Waals surface area contributed by atoms with Crippen LogP contribution < -0.4 is 9.80 Å². The van der Waals surface area contributed by atoms with Crippen LogP contribution in [0.3, 0.4) is 0 Å². The summed E-state index contributed by atoms with van der Waals surface area (Å²) in [5, 5.41) is 0. The number of benzene rings is 2. The van der Waals surface area contributed by atoms with Gasteiger partial charge in [0, 0.05) is 0 Å². The Morgan fingerprint density at radius 3 is 2.50 bits per heavy atom. The molecule has 4 aliphatic rings. The summed E-state index contributed by atoms with van der Waals surface area (Å²) in [5.41, 5.74) is 0.654. The van der Waals surface area contributed by atoms with Crippen molar-refractivity contribution in [1.82, 2.24) is 4.98 Å². The van der Waals surface area contributed by atoms with Crippen molar-refractivity contribution in [1.29, 1.82) is 0 Å². The molecule has 3 fully saturated rings. The van der Waals surface area contributed by atoms with Crippen LogP contribution in [0.1, 0.15) is 37.3 Å². The molecule has 0 bridgehead atoms. The molecule has 2 saturated heterocycles. The summed E-state index contributed by atoms with van der Waals surface area (Å²) < 4.78 is 62.2. The van der Waals surface area contributed by atoms with Gasteiger partial charge in [-0.1, -0.05) is 0 Å². The van der Waals surface area contributed by atoms with Gasteiger partial charge in [-0.25, -0.2) is 0 Å². The molecule has 3 amide bonds. The van der Waals surface area contributed by atoms with E-state index in [1.165, 1.54) is 34.1 Å². The first-order valence-corrected chi connectivity index (χ1v) is 18.5. The zero-order chi connectivity index (χ0) is 29.6. The van der Waals surface area contributed by atoms with Crippen molar-refractivity contribution in [2.75, 3.05) is 14.4 Å². The number of pyridine rings is 1. The molecule has 1 aromatic heterocycles. The molecule has 0 N–H and O–H groups in total. The Kier molecular flexibility index (Phi) is 6.01. The predicted molar refractivity (Wildman–Crippen MR) is 156 cm³/mol. The van der Waals surface area contributed by atoms with Crippen molar-refractivity contribution in [3.8, 4) is 0 Å². The summed E-state index contributed by atoms with van der Waals surface area (Å²) in [6.07, 6.45) is 0.190. The van der Waals surface area contributed by atoms with E-state index in [4.69, 9.17) is 0 Å². The number of quaternary nitrogens is 1. The Balaban J connectivity index is 1.38. The zero-order valence-electron chi connectivity index (χ0n) is 22.2. The van der Waals surface area contributed by atoms with E-state index in [2.05, 4.69) is 9.50 Å². The van der Waals surface area contributed by atoms with E-state index in [0.29, 0.717) is 10.1 Å². The number of hydrogen-bond acceptors (Lipinski definition) is 4. The number of fused-ring (bicyclic) bond motifs is 3. The molecule has 1 saturated carbocycles. The third-order valence-electron chi connectivity index (χ3n) is 8.75. The molecular weight excluding hydrogens is 667 g/mol. The van der Waals surface area contributed by atoms with Gasteiger partial charge >= 0.3 is 243 Å². The molecule has 1 aliphatic carbocycles. The average Bonchev–Trinajstić information content (AvgIpc) is 3.44. The van der Waals surface area contributed by atoms with Crippen LogP contribution in [0.25, 0.3) is 0 Å². The van der Waals surface area contributed by atoms with Crippen LogP contribution in [0.2, 0.25) is 0 Å². The van der Waals surface area contributed by atoms with Gasteiger partial charge in [0.1, 0.15) is 0 Å². The second-order valence-corrected chi connectivity index (χ2v) is 19.2. The van der Waals surface area contributed by atoms with Crippen LogP contribution in [0.4, 0.5) is 29.1 Å². The number of carbonyl (C=O) groups is 3. The van der Waals surface area contributed by atoms with E-state index in [0.717, 1.165) is 21.9 Å². The SMILES string of the molecule is C=I12C[N+]1(C1CC(F)(F)C1)C(=O)[C@@H](N(C(=O)[C@@H]1CCC(=O)N1c1ccc(F)cn1)c1cccc(F)c1)c1ccccc12. The number of nitrogens with zero attached hydrogens (tertiary/aromatic N) is 4. The minimum atomic E-state index is -3.36. The van der Waals surface area contributed by atoms with Gasteiger partial charge in [-0.15, -0.1) is 0 Å². The molecule has 42 heavy (non-hydrogen) atoms. The monoisotopic (exact) mass is 693 g/mol. The molecule has 0 radical (unpaired) electrons. The number of aromatic nitrogens is 1. The third kappa shape index (κ3) is 3.83. The summed E-state index contributed by atoms with van der Waals surface area (Å²) in [6, 6.07) is 11.9. The average molecular weight is 693 g/mol. The zero-order valence-corrected chi connectivity index (χ0v) is 24.4. The summed E-state index contributed by atoms with van der Waals surface area (Å²) in [7, 11) is 0. The fourth-order valence-corrected chi connectivity index (χ4v) is 18.1. The number of alkyl halides is 3. The predicted octanol–water partition coefficient (Wildman–Crippen LogP) is 5.31. The summed E-state index contributed by atoms with van der Waals surface area (Å²) in [6.45, 7) is 0. The van der Waals surface area contributed by atoms with E-state index >= 15 is 0 Å². The minimum absolute atomic E-state index is 0.00968. The summed E-state index contributed by atoms with van der Waals surface area (Å²) in [5.74, 6) is -5.49. The van der Waals surface area contributed by atoms with Gasteiger partial charge < -0.3 is 0 Å². The molecule has 2 aromatic carbocycles. The van der Waals surface area contributed by atoms with Crippen molar-refractivity contribution >= 4 is 52.0 Å². The maximum atomic E-state index is 14.7. The van der Waals surface area contributed by atoms with Gasteiger partial charge in [-0.05, 0) is 0 Å². The standard InChI is InChI=1S/C30H26F4IN4O3/c1-35-17-39(35,21-14-30(33,34)15-21)29(42)27(22-7-2-3-8-23(22)35)37(20-6-4-5-18(31)13-20)28(41)24-10-12-26(40)38(24)25-11-9-19(32)16-36-25/h2-9,11,13,16,21,24,27H,1,10,12,14-15,17H2/q+1/t24-,27-,39?/m0/s1. The third-order valence-corrected chi connectivity index (χ3v) is 18.2. The van der Waals surface area contributed by atoms with Crippen molar-refractivity contribution < 1.29 is 34.6 Å². The first-order valence-electron chi connectivity index (χ1n) is 13.5. The van der Waals surface area contributed by atoms with Crippen molar-refractivity contribution in [2.24, 2.45) is 0 Å². The first-order chi connectivity index (χ1) is 20.0. The van der Waals surface area contributed by atoms with Crippen LogP contribution >= 0.6 is 18.2 Å². The van der Waals surface area contributed by atoms with E-state index in [-0.39, 0.29) is 27.0 Å². The number of anilines is 2. The number of halogens is 5. The molecule has 0 spiro atoms. The van der Waals surface area contributed by atoms with Gasteiger partial charge in [0.05, 0.1) is 0 Å². The van der Waals surface area contributed by atoms with E-state index in [1.807, 2.05) is 12.1 Å². The Morgan fingerprint density at radius 1 is 1.05 bits per heavy atom. The van der Waals surface area contributed by atoms with E-state index in [9.17, 15) is 31.9 Å². The maximum absolute atomic E-state index is 14.7. The van der Waals surface area contributed by atoms with Gasteiger partial charge in [0.2, 0.25) is 0 Å². The Morgan fingerprint density at radius 2 is 1.81 bits per heavy atom. The molecule has 3 aromatic rings. The van der Waals surface area contributed by atoms with E-state index < -0.39 is 84.5 Å². The number of carbonyl (C=O) groups excluding carboxylic acids is 3. The number of amides is 3. The molecule has 7 rings (SSSR count). The van der Waals surface area contributed by atoms with Gasteiger partial charge in [-0.3, -0.25) is 0 Å². The van der Waals surface area contributed by atoms with Crippen molar-refractivity contribution in [2.45, 2.75) is 49.7 Å². The topological polar surface area (TPSA) is 70.6 Å². The summed E-state index contributed by atoms with van der Waals surface area (Å²) >= 11 is -3.36. The Hall–Kier alpha value is -3.52. The van der Waals surface area contributed by atoms with Crippen LogP contribution in [0.5, 0.6) is 0 Å². The molecule has 12 heteroatoms. The molecule has 3 aliphatic heterocycles. The summed E-state index contributed by atoms with van der Waals surface area (Å²) in [4.78, 5) is 48.7. The molecule has 7 nitrogen and oxygen atoms in total. The molecule has 4 atom stereocenters. The van der Waals surface area contributed by atoms with Crippen molar-refractivity contribution in [3.63, 3.8) is 0 Å². The normalized spacial score (nSPS) is 31.0. The van der Waals surface area contributed by atoms with Gasteiger partial charge in [0.25, 0.3) is 0 Å². The Labute approximate surface area is 242 Å². The quantitative estimate of drug-likeness (QED) is 0.0908. The van der Waals surface area contributed by atoms with E-state index in [1.54, 1.807) is 12.1 Å². The second kappa shape index (κ2) is 9.24. The number of hydrogen-bond donors (Lipinski definition) is 0. The second-order valence-electron chi connectivity index (χ2n) is 11.2. The van der Waals surface area contributed by atoms with Crippen molar-refractivity contribution in [3.05, 3.63) is 87.6 Å². The van der Waals surface area contributed by atoms with Crippen LogP contribution in [-0.4, -0.2) is 52.5 Å². The van der Waals surface area contributed by atoms with Crippen LogP contribution in [-0.2, 0) is 14.4 Å². The fourth-order valence-electron chi connectivity index (χ4n) is 6.68. The molecular formula is C30H26F4IN4O3+.